The minimum atomic E-state index is -0.778. The maximum atomic E-state index is 10.7. The van der Waals surface area contributed by atoms with Gasteiger partial charge in [-0.25, -0.2) is 0 Å². The van der Waals surface area contributed by atoms with E-state index in [0.717, 1.165) is 0 Å². The number of likely N-dealkylation sites (N-methyl/N-ethyl adjacent to an activating group) is 1. The van der Waals surface area contributed by atoms with E-state index in [1.165, 1.54) is 0 Å². The van der Waals surface area contributed by atoms with Gasteiger partial charge in [0.05, 0.1) is 12.5 Å². The van der Waals surface area contributed by atoms with Gasteiger partial charge in [-0.15, -0.1) is 0 Å². The molecule has 0 aliphatic carbocycles. The first-order valence-corrected chi connectivity index (χ1v) is 4.67. The van der Waals surface area contributed by atoms with Crippen molar-refractivity contribution in [2.24, 2.45) is 11.7 Å². The second-order valence-electron chi connectivity index (χ2n) is 3.44. The van der Waals surface area contributed by atoms with E-state index < -0.39 is 11.9 Å². The number of aliphatic carboxylic acids is 1. The number of hydrogen-bond acceptors (Lipinski definition) is 3. The minimum Gasteiger partial charge on any atom is -0.481 e. The molecule has 0 aromatic carbocycles. The predicted octanol–water partition coefficient (Wildman–Crippen LogP) is -0.0956. The maximum absolute atomic E-state index is 10.7. The van der Waals surface area contributed by atoms with E-state index in [1.807, 2.05) is 6.92 Å². The summed E-state index contributed by atoms with van der Waals surface area (Å²) < 4.78 is 0. The molecule has 0 spiro atoms. The van der Waals surface area contributed by atoms with E-state index in [4.69, 9.17) is 10.8 Å². The van der Waals surface area contributed by atoms with Gasteiger partial charge in [0, 0.05) is 0 Å². The number of rotatable bonds is 7. The summed E-state index contributed by atoms with van der Waals surface area (Å²) in [5.74, 6) is -1.50. The van der Waals surface area contributed by atoms with Gasteiger partial charge in [-0.05, 0) is 26.4 Å². The summed E-state index contributed by atoms with van der Waals surface area (Å²) in [4.78, 5) is 22.9. The van der Waals surface area contributed by atoms with Gasteiger partial charge in [-0.3, -0.25) is 14.5 Å². The fourth-order valence-electron chi connectivity index (χ4n) is 1.22. The van der Waals surface area contributed by atoms with Crippen LogP contribution in [0.4, 0.5) is 0 Å². The van der Waals surface area contributed by atoms with Crippen molar-refractivity contribution in [1.82, 2.24) is 4.90 Å². The van der Waals surface area contributed by atoms with Crippen LogP contribution in [0, 0.1) is 5.92 Å². The standard InChI is InChI=1S/C9H18N2O3/c1-3-7(9(13)14)4-5-11(2)6-8(10)12/h7H,3-6H2,1-2H3,(H2,10,12)(H,13,14). The van der Waals surface area contributed by atoms with Gasteiger partial charge < -0.3 is 10.8 Å². The molecule has 0 bridgehead atoms. The van der Waals surface area contributed by atoms with Crippen LogP contribution in [0.25, 0.3) is 0 Å². The highest BCUT2D eigenvalue weighted by Crippen LogP contribution is 2.08. The molecule has 1 unspecified atom stereocenters. The normalized spacial score (nSPS) is 12.8. The fraction of sp³-hybridized carbons (Fsp3) is 0.778. The Morgan fingerprint density at radius 3 is 2.43 bits per heavy atom. The third kappa shape index (κ3) is 5.53. The van der Waals surface area contributed by atoms with Crippen molar-refractivity contribution in [3.05, 3.63) is 0 Å². The summed E-state index contributed by atoms with van der Waals surface area (Å²) in [6.07, 6.45) is 1.16. The Labute approximate surface area is 83.9 Å². The van der Waals surface area contributed by atoms with Crippen molar-refractivity contribution in [2.75, 3.05) is 20.1 Å². The third-order valence-corrected chi connectivity index (χ3v) is 2.13. The van der Waals surface area contributed by atoms with E-state index >= 15 is 0 Å². The van der Waals surface area contributed by atoms with Crippen molar-refractivity contribution < 1.29 is 14.7 Å². The number of nitrogens with two attached hydrogens (primary N) is 1. The Morgan fingerprint density at radius 1 is 1.50 bits per heavy atom. The largest absolute Gasteiger partial charge is 0.481 e. The molecule has 5 nitrogen and oxygen atoms in total. The van der Waals surface area contributed by atoms with Gasteiger partial charge in [0.2, 0.25) is 5.91 Å². The lowest BCUT2D eigenvalue weighted by atomic mass is 10.0. The Balaban J connectivity index is 3.79. The molecule has 0 fully saturated rings. The molecule has 1 atom stereocenters. The van der Waals surface area contributed by atoms with E-state index in [2.05, 4.69) is 0 Å². The zero-order valence-corrected chi connectivity index (χ0v) is 8.69. The Hall–Kier alpha value is -1.10. The Bertz CT molecular complexity index is 206. The minimum absolute atomic E-state index is 0.177. The molecular weight excluding hydrogens is 184 g/mol. The number of carboxylic acids is 1. The Morgan fingerprint density at radius 2 is 2.07 bits per heavy atom. The van der Waals surface area contributed by atoms with Crippen molar-refractivity contribution in [2.45, 2.75) is 19.8 Å². The van der Waals surface area contributed by atoms with Crippen molar-refractivity contribution in [3.8, 4) is 0 Å². The van der Waals surface area contributed by atoms with Crippen LogP contribution in [0.2, 0.25) is 0 Å². The lowest BCUT2D eigenvalue weighted by Crippen LogP contribution is -2.32. The second-order valence-corrected chi connectivity index (χ2v) is 3.44. The molecule has 5 heteroatoms. The van der Waals surface area contributed by atoms with Crippen LogP contribution >= 0.6 is 0 Å². The molecule has 0 saturated heterocycles. The van der Waals surface area contributed by atoms with Gasteiger partial charge in [0.1, 0.15) is 0 Å². The highest BCUT2D eigenvalue weighted by molar-refractivity contribution is 5.75. The highest BCUT2D eigenvalue weighted by atomic mass is 16.4. The predicted molar refractivity (Wildman–Crippen MR) is 52.7 cm³/mol. The smallest absolute Gasteiger partial charge is 0.306 e. The van der Waals surface area contributed by atoms with E-state index in [9.17, 15) is 9.59 Å². The molecular formula is C9H18N2O3. The van der Waals surface area contributed by atoms with Gasteiger partial charge >= 0.3 is 5.97 Å². The molecule has 0 aliphatic heterocycles. The molecule has 0 heterocycles. The average molecular weight is 202 g/mol. The number of carbonyl (C=O) groups is 2. The number of primary amides is 1. The molecule has 0 aromatic rings. The van der Waals surface area contributed by atoms with Crippen LogP contribution in [0.3, 0.4) is 0 Å². The maximum Gasteiger partial charge on any atom is 0.306 e. The molecule has 0 radical (unpaired) electrons. The van der Waals surface area contributed by atoms with Crippen LogP contribution in [-0.2, 0) is 9.59 Å². The van der Waals surface area contributed by atoms with Crippen molar-refractivity contribution >= 4 is 11.9 Å². The first kappa shape index (κ1) is 12.9. The topological polar surface area (TPSA) is 83.6 Å². The molecule has 82 valence electrons. The molecule has 0 rings (SSSR count). The van der Waals surface area contributed by atoms with Gasteiger partial charge in [0.15, 0.2) is 0 Å². The molecule has 3 N–H and O–H groups in total. The highest BCUT2D eigenvalue weighted by Gasteiger charge is 2.15. The lowest BCUT2D eigenvalue weighted by molar-refractivity contribution is -0.142. The quantitative estimate of drug-likeness (QED) is 0.604. The van der Waals surface area contributed by atoms with Gasteiger partial charge in [-0.2, -0.15) is 0 Å². The van der Waals surface area contributed by atoms with Crippen LogP contribution in [0.15, 0.2) is 0 Å². The van der Waals surface area contributed by atoms with Crippen LogP contribution in [-0.4, -0.2) is 42.0 Å². The zero-order chi connectivity index (χ0) is 11.1. The summed E-state index contributed by atoms with van der Waals surface area (Å²) in [5, 5.41) is 8.76. The number of hydrogen-bond donors (Lipinski definition) is 2. The summed E-state index contributed by atoms with van der Waals surface area (Å²) in [6, 6.07) is 0. The van der Waals surface area contributed by atoms with E-state index in [1.54, 1.807) is 11.9 Å². The number of amides is 1. The second kappa shape index (κ2) is 6.37. The van der Waals surface area contributed by atoms with E-state index in [-0.39, 0.29) is 12.5 Å². The number of carbonyl (C=O) groups excluding carboxylic acids is 1. The first-order valence-electron chi connectivity index (χ1n) is 4.67. The van der Waals surface area contributed by atoms with Crippen LogP contribution in [0.1, 0.15) is 19.8 Å². The van der Waals surface area contributed by atoms with Crippen molar-refractivity contribution in [3.63, 3.8) is 0 Å². The lowest BCUT2D eigenvalue weighted by Gasteiger charge is -2.16. The summed E-state index contributed by atoms with van der Waals surface area (Å²) >= 11 is 0. The monoisotopic (exact) mass is 202 g/mol. The molecule has 0 aromatic heterocycles. The van der Waals surface area contributed by atoms with E-state index in [0.29, 0.717) is 19.4 Å². The summed E-state index contributed by atoms with van der Waals surface area (Å²) in [6.45, 7) is 2.59. The van der Waals surface area contributed by atoms with Crippen LogP contribution < -0.4 is 5.73 Å². The average Bonchev–Trinajstić information content (AvgIpc) is 2.03. The first-order chi connectivity index (χ1) is 6.47. The molecule has 1 amide bonds. The molecule has 0 saturated carbocycles. The summed E-state index contributed by atoms with van der Waals surface area (Å²) in [5.41, 5.74) is 5.00. The zero-order valence-electron chi connectivity index (χ0n) is 8.69. The number of carboxylic acid groups (broad SMARTS) is 1. The SMILES string of the molecule is CCC(CCN(C)CC(N)=O)C(=O)O. The van der Waals surface area contributed by atoms with Crippen molar-refractivity contribution in [1.29, 1.82) is 0 Å². The number of nitrogens with zero attached hydrogens (tertiary/aromatic N) is 1. The molecule has 14 heavy (non-hydrogen) atoms. The van der Waals surface area contributed by atoms with Crippen LogP contribution in [0.5, 0.6) is 0 Å². The van der Waals surface area contributed by atoms with Gasteiger partial charge in [0.25, 0.3) is 0 Å². The third-order valence-electron chi connectivity index (χ3n) is 2.13. The van der Waals surface area contributed by atoms with Gasteiger partial charge in [-0.1, -0.05) is 6.92 Å². The summed E-state index contributed by atoms with van der Waals surface area (Å²) in [7, 11) is 1.75. The fourth-order valence-corrected chi connectivity index (χ4v) is 1.22. The Kier molecular flexibility index (Phi) is 5.87. The molecule has 0 aliphatic rings.